The first kappa shape index (κ1) is 19.7. The van der Waals surface area contributed by atoms with Crippen molar-refractivity contribution in [3.63, 3.8) is 0 Å². The second-order valence-electron chi connectivity index (χ2n) is 7.79. The van der Waals surface area contributed by atoms with E-state index in [-0.39, 0.29) is 17.7 Å². The molecule has 29 heavy (non-hydrogen) atoms. The molecule has 1 aliphatic heterocycles. The summed E-state index contributed by atoms with van der Waals surface area (Å²) in [5.41, 5.74) is 1.79. The van der Waals surface area contributed by atoms with Gasteiger partial charge in [0.05, 0.1) is 17.8 Å². The number of hydrogen-bond donors (Lipinski definition) is 0. The summed E-state index contributed by atoms with van der Waals surface area (Å²) in [6, 6.07) is 9.45. The normalized spacial score (nSPS) is 17.1. The Morgan fingerprint density at radius 3 is 2.93 bits per heavy atom. The maximum absolute atomic E-state index is 12.8. The molecule has 1 fully saturated rings. The number of hydrogen-bond acceptors (Lipinski definition) is 5. The van der Waals surface area contributed by atoms with Crippen molar-refractivity contribution in [3.8, 4) is 0 Å². The third-order valence-electron chi connectivity index (χ3n) is 5.28. The molecular formula is C22H24ClN3O3. The highest BCUT2D eigenvalue weighted by atomic mass is 35.5. The highest BCUT2D eigenvalue weighted by molar-refractivity contribution is 6.31. The first-order valence-corrected chi connectivity index (χ1v) is 10.3. The molecule has 4 rings (SSSR count). The molecule has 1 saturated heterocycles. The Balaban J connectivity index is 1.44. The molecule has 0 radical (unpaired) electrons. The van der Waals surface area contributed by atoms with E-state index in [1.165, 1.54) is 0 Å². The summed E-state index contributed by atoms with van der Waals surface area (Å²) in [6.45, 7) is 5.29. The molecule has 0 N–H and O–H groups in total. The summed E-state index contributed by atoms with van der Waals surface area (Å²) in [4.78, 5) is 19.1. The van der Waals surface area contributed by atoms with Crippen LogP contribution >= 0.6 is 11.6 Å². The van der Waals surface area contributed by atoms with Gasteiger partial charge in [-0.25, -0.2) is 4.98 Å². The first-order chi connectivity index (χ1) is 14.0. The van der Waals surface area contributed by atoms with Gasteiger partial charge in [-0.3, -0.25) is 4.79 Å². The molecule has 1 aliphatic rings. The molecule has 0 bridgehead atoms. The molecule has 3 heterocycles. The molecule has 152 valence electrons. The molecule has 2 aromatic heterocycles. The number of carbonyl (C=O) groups is 1. The fraction of sp³-hybridized carbons (Fsp3) is 0.409. The second-order valence-corrected chi connectivity index (χ2v) is 8.20. The van der Waals surface area contributed by atoms with Gasteiger partial charge < -0.3 is 13.8 Å². The minimum atomic E-state index is -0.128. The van der Waals surface area contributed by atoms with Gasteiger partial charge >= 0.3 is 0 Å². The van der Waals surface area contributed by atoms with Gasteiger partial charge in [0.15, 0.2) is 5.89 Å². The quantitative estimate of drug-likeness (QED) is 0.585. The number of piperidine rings is 1. The molecule has 1 amide bonds. The maximum Gasteiger partial charge on any atom is 0.292 e. The molecule has 0 unspecified atom stereocenters. The molecule has 0 spiro atoms. The summed E-state index contributed by atoms with van der Waals surface area (Å²) in [5, 5.41) is 4.71. The second kappa shape index (κ2) is 8.41. The number of nitrogens with zero attached hydrogens (tertiary/aromatic N) is 3. The van der Waals surface area contributed by atoms with Crippen LogP contribution in [0.4, 0.5) is 0 Å². The smallest absolute Gasteiger partial charge is 0.292 e. The Morgan fingerprint density at radius 1 is 1.34 bits per heavy atom. The number of oxazole rings is 1. The van der Waals surface area contributed by atoms with E-state index in [0.717, 1.165) is 29.9 Å². The van der Waals surface area contributed by atoms with Crippen molar-refractivity contribution in [2.75, 3.05) is 13.1 Å². The fourth-order valence-electron chi connectivity index (χ4n) is 3.60. The third kappa shape index (κ3) is 4.37. The van der Waals surface area contributed by atoms with Gasteiger partial charge in [-0.1, -0.05) is 48.8 Å². The molecule has 0 aliphatic carbocycles. The third-order valence-corrected chi connectivity index (χ3v) is 5.65. The van der Waals surface area contributed by atoms with Crippen LogP contribution in [0, 0.1) is 0 Å². The largest absolute Gasteiger partial charge is 0.445 e. The Labute approximate surface area is 174 Å². The van der Waals surface area contributed by atoms with Gasteiger partial charge in [-0.05, 0) is 30.4 Å². The maximum atomic E-state index is 12.8. The molecular weight excluding hydrogens is 390 g/mol. The lowest BCUT2D eigenvalue weighted by atomic mass is 9.97. The molecule has 7 heteroatoms. The average molecular weight is 414 g/mol. The monoisotopic (exact) mass is 413 g/mol. The zero-order valence-electron chi connectivity index (χ0n) is 16.6. The van der Waals surface area contributed by atoms with Gasteiger partial charge in [0.25, 0.3) is 5.91 Å². The number of carbonyl (C=O) groups excluding carboxylic acids is 1. The number of benzene rings is 1. The van der Waals surface area contributed by atoms with Crippen molar-refractivity contribution in [3.05, 3.63) is 70.2 Å². The van der Waals surface area contributed by atoms with E-state index in [9.17, 15) is 4.79 Å². The predicted molar refractivity (Wildman–Crippen MR) is 109 cm³/mol. The lowest BCUT2D eigenvalue weighted by Crippen LogP contribution is -2.39. The van der Waals surface area contributed by atoms with Gasteiger partial charge in [0.1, 0.15) is 5.76 Å². The number of likely N-dealkylation sites (tertiary alicyclic amines) is 1. The minimum absolute atomic E-state index is 0.0696. The molecule has 1 atom stereocenters. The summed E-state index contributed by atoms with van der Waals surface area (Å²) < 4.78 is 11.3. The van der Waals surface area contributed by atoms with Crippen LogP contribution in [0.5, 0.6) is 0 Å². The van der Waals surface area contributed by atoms with Crippen LogP contribution < -0.4 is 0 Å². The summed E-state index contributed by atoms with van der Waals surface area (Å²) in [6.07, 6.45) is 4.18. The SMILES string of the molecule is CC(C)c1cc(C(=O)N2CCC[C@@H](c3ncc(Cc4ccccc4Cl)o3)C2)on1. The lowest BCUT2D eigenvalue weighted by molar-refractivity contribution is 0.0656. The predicted octanol–water partition coefficient (Wildman–Crippen LogP) is 5.05. The van der Waals surface area contributed by atoms with Crippen molar-refractivity contribution < 1.29 is 13.7 Å². The van der Waals surface area contributed by atoms with Gasteiger partial charge in [-0.15, -0.1) is 0 Å². The zero-order valence-corrected chi connectivity index (χ0v) is 17.4. The van der Waals surface area contributed by atoms with Crippen LogP contribution in [0.3, 0.4) is 0 Å². The molecule has 6 nitrogen and oxygen atoms in total. The molecule has 1 aromatic carbocycles. The van der Waals surface area contributed by atoms with E-state index >= 15 is 0 Å². The van der Waals surface area contributed by atoms with Gasteiger partial charge in [0.2, 0.25) is 5.76 Å². The van der Waals surface area contributed by atoms with Crippen LogP contribution in [0.2, 0.25) is 5.02 Å². The van der Waals surface area contributed by atoms with Crippen molar-refractivity contribution in [1.29, 1.82) is 0 Å². The van der Waals surface area contributed by atoms with Crippen LogP contribution in [0.15, 0.2) is 45.5 Å². The summed E-state index contributed by atoms with van der Waals surface area (Å²) in [5.74, 6) is 1.90. The Kier molecular flexibility index (Phi) is 5.72. The van der Waals surface area contributed by atoms with Crippen molar-refractivity contribution in [2.45, 2.75) is 44.9 Å². The standard InChI is InChI=1S/C22H24ClN3O3/c1-14(2)19-11-20(29-25-19)22(27)26-9-5-7-16(13-26)21-24-12-17(28-21)10-15-6-3-4-8-18(15)23/h3-4,6,8,11-12,14,16H,5,7,9-10,13H2,1-2H3/t16-/m1/s1. The van der Waals surface area contributed by atoms with Crippen LogP contribution in [0.1, 0.15) is 72.0 Å². The number of halogens is 1. The van der Waals surface area contributed by atoms with Gasteiger partial charge in [0, 0.05) is 30.6 Å². The number of aromatic nitrogens is 2. The van der Waals surface area contributed by atoms with Gasteiger partial charge in [-0.2, -0.15) is 0 Å². The van der Waals surface area contributed by atoms with Crippen molar-refractivity contribution in [2.24, 2.45) is 0 Å². The van der Waals surface area contributed by atoms with Crippen LogP contribution in [0.25, 0.3) is 0 Å². The molecule has 0 saturated carbocycles. The van der Waals surface area contributed by atoms with E-state index in [0.29, 0.717) is 36.2 Å². The van der Waals surface area contributed by atoms with E-state index in [2.05, 4.69) is 10.1 Å². The average Bonchev–Trinajstić information content (AvgIpc) is 3.39. The van der Waals surface area contributed by atoms with E-state index in [1.54, 1.807) is 17.2 Å². The van der Waals surface area contributed by atoms with E-state index in [4.69, 9.17) is 20.5 Å². The fourth-order valence-corrected chi connectivity index (χ4v) is 3.81. The summed E-state index contributed by atoms with van der Waals surface area (Å²) in [7, 11) is 0. The van der Waals surface area contributed by atoms with Crippen molar-refractivity contribution in [1.82, 2.24) is 15.0 Å². The lowest BCUT2D eigenvalue weighted by Gasteiger charge is -2.30. The van der Waals surface area contributed by atoms with Crippen LogP contribution in [-0.4, -0.2) is 34.0 Å². The van der Waals surface area contributed by atoms with Crippen LogP contribution in [-0.2, 0) is 6.42 Å². The van der Waals surface area contributed by atoms with E-state index in [1.807, 2.05) is 38.1 Å². The Bertz CT molecular complexity index is 995. The summed E-state index contributed by atoms with van der Waals surface area (Å²) >= 11 is 6.24. The highest BCUT2D eigenvalue weighted by Crippen LogP contribution is 2.29. The highest BCUT2D eigenvalue weighted by Gasteiger charge is 2.30. The topological polar surface area (TPSA) is 72.4 Å². The Morgan fingerprint density at radius 2 is 2.17 bits per heavy atom. The minimum Gasteiger partial charge on any atom is -0.445 e. The number of rotatable bonds is 5. The van der Waals surface area contributed by atoms with Crippen molar-refractivity contribution >= 4 is 17.5 Å². The Hall–Kier alpha value is -2.60. The zero-order chi connectivity index (χ0) is 20.4. The number of amides is 1. The molecule has 3 aromatic rings. The van der Waals surface area contributed by atoms with E-state index < -0.39 is 0 Å². The first-order valence-electron chi connectivity index (χ1n) is 9.95.